The van der Waals surface area contributed by atoms with Gasteiger partial charge >= 0.3 is 11.9 Å². The Kier molecular flexibility index (Phi) is 5.44. The van der Waals surface area contributed by atoms with Crippen LogP contribution in [-0.4, -0.2) is 24.3 Å². The van der Waals surface area contributed by atoms with Crippen molar-refractivity contribution in [3.05, 3.63) is 23.5 Å². The molecule has 5 heteroatoms. The fraction of sp³-hybridized carbons (Fsp3) is 0.720. The summed E-state index contributed by atoms with van der Waals surface area (Å²) in [6.45, 7) is 7.43. The van der Waals surface area contributed by atoms with Crippen molar-refractivity contribution < 1.29 is 23.9 Å². The molecule has 0 aromatic heterocycles. The molecular formula is C25H34O5. The van der Waals surface area contributed by atoms with Crippen LogP contribution in [0.4, 0.5) is 0 Å². The number of rotatable bonds is 4. The number of fused-ring (bicyclic) bond motifs is 5. The van der Waals surface area contributed by atoms with Crippen molar-refractivity contribution in [1.82, 2.24) is 0 Å². The summed E-state index contributed by atoms with van der Waals surface area (Å²) < 4.78 is 10.4. The SMILES string of the molecule is CC(=O)OCC(=O)[C@H]1CC[C@H]2[C@@H]3CC=C4C=C(OC(C)=O)CC[C@]4(C)[C@H]3CC[C@]12C. The molecule has 0 aromatic rings. The molecule has 0 saturated heterocycles. The van der Waals surface area contributed by atoms with E-state index in [1.165, 1.54) is 19.4 Å². The van der Waals surface area contributed by atoms with Crippen LogP contribution in [0.2, 0.25) is 0 Å². The van der Waals surface area contributed by atoms with Gasteiger partial charge in [0.05, 0.1) is 0 Å². The predicted molar refractivity (Wildman–Crippen MR) is 112 cm³/mol. The summed E-state index contributed by atoms with van der Waals surface area (Å²) in [6, 6.07) is 0. The minimum absolute atomic E-state index is 0.00260. The molecule has 0 aromatic carbocycles. The molecule has 0 N–H and O–H groups in total. The summed E-state index contributed by atoms with van der Waals surface area (Å²) in [5.41, 5.74) is 1.46. The van der Waals surface area contributed by atoms with Crippen molar-refractivity contribution in [2.45, 2.75) is 72.6 Å². The molecule has 0 unspecified atom stereocenters. The minimum Gasteiger partial charge on any atom is -0.458 e. The van der Waals surface area contributed by atoms with E-state index >= 15 is 0 Å². The number of ether oxygens (including phenoxy) is 2. The molecule has 30 heavy (non-hydrogen) atoms. The number of esters is 2. The molecule has 0 spiro atoms. The molecule has 0 heterocycles. The van der Waals surface area contributed by atoms with Gasteiger partial charge in [0, 0.05) is 26.2 Å². The number of allylic oxidation sites excluding steroid dienone is 4. The van der Waals surface area contributed by atoms with Crippen LogP contribution in [0, 0.1) is 34.5 Å². The third kappa shape index (κ3) is 3.44. The average molecular weight is 415 g/mol. The number of carbonyl (C=O) groups excluding carboxylic acids is 3. The van der Waals surface area contributed by atoms with E-state index in [2.05, 4.69) is 26.0 Å². The summed E-state index contributed by atoms with van der Waals surface area (Å²) in [6.07, 6.45) is 11.5. The van der Waals surface area contributed by atoms with Crippen LogP contribution in [-0.2, 0) is 23.9 Å². The van der Waals surface area contributed by atoms with Crippen molar-refractivity contribution in [3.8, 4) is 0 Å². The van der Waals surface area contributed by atoms with Gasteiger partial charge in [-0.15, -0.1) is 0 Å². The molecule has 4 aliphatic rings. The fourth-order valence-corrected chi connectivity index (χ4v) is 7.37. The van der Waals surface area contributed by atoms with Crippen LogP contribution < -0.4 is 0 Å². The number of hydrogen-bond acceptors (Lipinski definition) is 5. The van der Waals surface area contributed by atoms with E-state index < -0.39 is 0 Å². The minimum atomic E-state index is -0.386. The molecule has 0 aliphatic heterocycles. The van der Waals surface area contributed by atoms with E-state index in [1.807, 2.05) is 0 Å². The lowest BCUT2D eigenvalue weighted by atomic mass is 9.48. The van der Waals surface area contributed by atoms with E-state index in [1.54, 1.807) is 0 Å². The van der Waals surface area contributed by atoms with Gasteiger partial charge in [-0.05, 0) is 78.8 Å². The third-order valence-corrected chi connectivity index (χ3v) is 8.81. The molecule has 164 valence electrons. The zero-order valence-electron chi connectivity index (χ0n) is 18.7. The highest BCUT2D eigenvalue weighted by atomic mass is 16.5. The Balaban J connectivity index is 1.55. The Labute approximate surface area is 179 Å². The van der Waals surface area contributed by atoms with E-state index in [9.17, 15) is 14.4 Å². The molecule has 2 saturated carbocycles. The maximum Gasteiger partial charge on any atom is 0.307 e. The van der Waals surface area contributed by atoms with Crippen LogP contribution in [0.5, 0.6) is 0 Å². The summed E-state index contributed by atoms with van der Waals surface area (Å²) in [7, 11) is 0. The Bertz CT molecular complexity index is 823. The van der Waals surface area contributed by atoms with Crippen molar-refractivity contribution in [2.24, 2.45) is 34.5 Å². The van der Waals surface area contributed by atoms with Gasteiger partial charge in [-0.3, -0.25) is 14.4 Å². The molecule has 4 rings (SSSR count). The molecule has 0 bridgehead atoms. The quantitative estimate of drug-likeness (QED) is 0.621. The normalized spacial score (nSPS) is 39.6. The smallest absolute Gasteiger partial charge is 0.307 e. The molecule has 5 nitrogen and oxygen atoms in total. The van der Waals surface area contributed by atoms with Gasteiger partial charge in [0.1, 0.15) is 12.4 Å². The van der Waals surface area contributed by atoms with Gasteiger partial charge in [-0.2, -0.15) is 0 Å². The first-order valence-corrected chi connectivity index (χ1v) is 11.4. The van der Waals surface area contributed by atoms with Gasteiger partial charge in [0.25, 0.3) is 0 Å². The highest BCUT2D eigenvalue weighted by Crippen LogP contribution is 2.66. The number of carbonyl (C=O) groups is 3. The van der Waals surface area contributed by atoms with Crippen molar-refractivity contribution in [2.75, 3.05) is 6.61 Å². The lowest BCUT2D eigenvalue weighted by molar-refractivity contribution is -0.149. The second-order valence-corrected chi connectivity index (χ2v) is 10.3. The maximum absolute atomic E-state index is 12.8. The monoisotopic (exact) mass is 414 g/mol. The fourth-order valence-electron chi connectivity index (χ4n) is 7.37. The van der Waals surface area contributed by atoms with E-state index in [4.69, 9.17) is 9.47 Å². The van der Waals surface area contributed by atoms with E-state index in [-0.39, 0.29) is 41.1 Å². The van der Waals surface area contributed by atoms with Gasteiger partial charge in [0.15, 0.2) is 5.78 Å². The standard InChI is InChI=1S/C25H34O5/c1-15(26)29-14-23(28)22-8-7-20-19-6-5-17-13-18(30-16(2)27)9-11-24(17,3)21(19)10-12-25(20,22)4/h5,13,19-22H,6-12,14H2,1-4H3/t19-,20-,21-,22+,24-,25-/m0/s1. The van der Waals surface area contributed by atoms with Crippen molar-refractivity contribution in [3.63, 3.8) is 0 Å². The Morgan fingerprint density at radius 1 is 1.03 bits per heavy atom. The van der Waals surface area contributed by atoms with Crippen molar-refractivity contribution >= 4 is 17.7 Å². The first-order valence-electron chi connectivity index (χ1n) is 11.4. The van der Waals surface area contributed by atoms with Crippen LogP contribution in [0.15, 0.2) is 23.5 Å². The number of ketones is 1. The van der Waals surface area contributed by atoms with E-state index in [0.717, 1.165) is 50.7 Å². The largest absolute Gasteiger partial charge is 0.458 e. The average Bonchev–Trinajstić information content (AvgIpc) is 3.03. The molecule has 0 radical (unpaired) electrons. The zero-order valence-corrected chi connectivity index (χ0v) is 18.7. The molecule has 4 aliphatic carbocycles. The molecule has 6 atom stereocenters. The first kappa shape index (κ1) is 21.3. The second kappa shape index (κ2) is 7.65. The Hall–Kier alpha value is -1.91. The lowest BCUT2D eigenvalue weighted by Gasteiger charge is -2.56. The summed E-state index contributed by atoms with van der Waals surface area (Å²) in [5, 5.41) is 0. The molecule has 0 amide bonds. The second-order valence-electron chi connectivity index (χ2n) is 10.3. The van der Waals surface area contributed by atoms with E-state index in [0.29, 0.717) is 17.8 Å². The summed E-state index contributed by atoms with van der Waals surface area (Å²) in [5.74, 6) is 1.99. The van der Waals surface area contributed by atoms with Gasteiger partial charge in [-0.1, -0.05) is 19.9 Å². The lowest BCUT2D eigenvalue weighted by Crippen LogP contribution is -2.50. The molecular weight excluding hydrogens is 380 g/mol. The Morgan fingerprint density at radius 2 is 1.80 bits per heavy atom. The number of hydrogen-bond donors (Lipinski definition) is 0. The van der Waals surface area contributed by atoms with Gasteiger partial charge in [0.2, 0.25) is 0 Å². The first-order chi connectivity index (χ1) is 14.1. The third-order valence-electron chi connectivity index (χ3n) is 8.81. The highest BCUT2D eigenvalue weighted by molar-refractivity contribution is 5.85. The summed E-state index contributed by atoms with van der Waals surface area (Å²) >= 11 is 0. The van der Waals surface area contributed by atoms with Crippen molar-refractivity contribution in [1.29, 1.82) is 0 Å². The van der Waals surface area contributed by atoms with Gasteiger partial charge in [-0.25, -0.2) is 0 Å². The van der Waals surface area contributed by atoms with Crippen LogP contribution >= 0.6 is 0 Å². The van der Waals surface area contributed by atoms with Crippen LogP contribution in [0.25, 0.3) is 0 Å². The highest BCUT2D eigenvalue weighted by Gasteiger charge is 2.59. The predicted octanol–water partition coefficient (Wildman–Crippen LogP) is 4.75. The zero-order chi connectivity index (χ0) is 21.7. The van der Waals surface area contributed by atoms with Gasteiger partial charge < -0.3 is 9.47 Å². The van der Waals surface area contributed by atoms with Crippen LogP contribution in [0.3, 0.4) is 0 Å². The summed E-state index contributed by atoms with van der Waals surface area (Å²) in [4.78, 5) is 35.4. The number of Topliss-reactive ketones (excluding diaryl/α,β-unsaturated/α-hetero) is 1. The Morgan fingerprint density at radius 3 is 2.50 bits per heavy atom. The van der Waals surface area contributed by atoms with Crippen LogP contribution in [0.1, 0.15) is 72.6 Å². The molecule has 2 fully saturated rings. The topological polar surface area (TPSA) is 69.7 Å². The maximum atomic E-state index is 12.8.